The van der Waals surface area contributed by atoms with Crippen LogP contribution in [0, 0.1) is 23.7 Å². The number of imide groups is 1. The molecule has 0 spiro atoms. The van der Waals surface area contributed by atoms with E-state index in [2.05, 4.69) is 10.6 Å². The van der Waals surface area contributed by atoms with E-state index in [-0.39, 0.29) is 5.54 Å². The Kier molecular flexibility index (Phi) is 5.35. The van der Waals surface area contributed by atoms with Crippen LogP contribution in [0.4, 0.5) is 4.79 Å². The summed E-state index contributed by atoms with van der Waals surface area (Å²) in [5, 5.41) is 5.38. The highest BCUT2D eigenvalue weighted by Crippen LogP contribution is 2.55. The number of hydrogen-bond acceptors (Lipinski definition) is 4. The molecular weight excluding hydrogens is 320 g/mol. The van der Waals surface area contributed by atoms with E-state index in [1.165, 1.54) is 19.3 Å². The molecule has 4 fully saturated rings. The van der Waals surface area contributed by atoms with Gasteiger partial charge in [-0.25, -0.2) is 4.79 Å². The third kappa shape index (κ3) is 4.73. The van der Waals surface area contributed by atoms with Gasteiger partial charge in [0.05, 0.1) is 0 Å². The van der Waals surface area contributed by atoms with Gasteiger partial charge in [-0.2, -0.15) is 0 Å². The zero-order valence-corrected chi connectivity index (χ0v) is 15.3. The zero-order chi connectivity index (χ0) is 18.0. The van der Waals surface area contributed by atoms with Crippen LogP contribution >= 0.6 is 0 Å². The minimum Gasteiger partial charge on any atom is -0.456 e. The largest absolute Gasteiger partial charge is 0.456 e. The SMILES string of the molecule is CC(C)CCC(=O)OCC(=O)NC(=O)NC12CC3CC(CC(C3)C1)C2. The second-order valence-corrected chi connectivity index (χ2v) is 8.79. The highest BCUT2D eigenvalue weighted by molar-refractivity contribution is 5.95. The fourth-order valence-corrected chi connectivity index (χ4v) is 5.32. The van der Waals surface area contributed by atoms with Crippen molar-refractivity contribution in [3.8, 4) is 0 Å². The van der Waals surface area contributed by atoms with E-state index < -0.39 is 24.5 Å². The van der Waals surface area contributed by atoms with Crippen LogP contribution < -0.4 is 10.6 Å². The Morgan fingerprint density at radius 3 is 2.12 bits per heavy atom. The summed E-state index contributed by atoms with van der Waals surface area (Å²) in [5.74, 6) is 1.62. The first-order valence-corrected chi connectivity index (χ1v) is 9.61. The molecule has 4 aliphatic carbocycles. The number of urea groups is 1. The van der Waals surface area contributed by atoms with Crippen molar-refractivity contribution in [2.75, 3.05) is 6.61 Å². The normalized spacial score (nSPS) is 32.5. The number of ether oxygens (including phenoxy) is 1. The molecule has 0 aromatic heterocycles. The van der Waals surface area contributed by atoms with Crippen LogP contribution in [0.15, 0.2) is 0 Å². The lowest BCUT2D eigenvalue weighted by Gasteiger charge is -2.56. The monoisotopic (exact) mass is 350 g/mol. The molecule has 140 valence electrons. The van der Waals surface area contributed by atoms with Crippen LogP contribution in [-0.4, -0.2) is 30.1 Å². The minimum absolute atomic E-state index is 0.132. The number of nitrogens with one attached hydrogen (secondary N) is 2. The second kappa shape index (κ2) is 7.34. The van der Waals surface area contributed by atoms with Gasteiger partial charge in [0.1, 0.15) is 0 Å². The number of carbonyl (C=O) groups excluding carboxylic acids is 3. The summed E-state index contributed by atoms with van der Waals surface area (Å²) in [6.45, 7) is 3.65. The molecule has 4 rings (SSSR count). The summed E-state index contributed by atoms with van der Waals surface area (Å²) in [6, 6.07) is -0.454. The predicted molar refractivity (Wildman–Crippen MR) is 92.6 cm³/mol. The molecular formula is C19H30N2O4. The van der Waals surface area contributed by atoms with Crippen molar-refractivity contribution >= 4 is 17.9 Å². The van der Waals surface area contributed by atoms with E-state index in [1.54, 1.807) is 0 Å². The second-order valence-electron chi connectivity index (χ2n) is 8.79. The zero-order valence-electron chi connectivity index (χ0n) is 15.3. The molecule has 0 aromatic carbocycles. The van der Waals surface area contributed by atoms with Crippen molar-refractivity contribution in [2.24, 2.45) is 23.7 Å². The summed E-state index contributed by atoms with van der Waals surface area (Å²) in [4.78, 5) is 35.6. The van der Waals surface area contributed by atoms with Gasteiger partial charge in [0, 0.05) is 12.0 Å². The smallest absolute Gasteiger partial charge is 0.321 e. The summed E-state index contributed by atoms with van der Waals surface area (Å²) < 4.78 is 4.92. The number of hydrogen-bond donors (Lipinski definition) is 2. The van der Waals surface area contributed by atoms with Gasteiger partial charge in [0.25, 0.3) is 5.91 Å². The maximum Gasteiger partial charge on any atom is 0.321 e. The lowest BCUT2D eigenvalue weighted by molar-refractivity contribution is -0.148. The molecule has 2 N–H and O–H groups in total. The Bertz CT molecular complexity index is 508. The maximum atomic E-state index is 12.2. The van der Waals surface area contributed by atoms with E-state index in [0.717, 1.165) is 43.4 Å². The van der Waals surface area contributed by atoms with Gasteiger partial charge in [0.2, 0.25) is 0 Å². The molecule has 4 saturated carbocycles. The molecule has 25 heavy (non-hydrogen) atoms. The molecule has 0 unspecified atom stereocenters. The van der Waals surface area contributed by atoms with E-state index >= 15 is 0 Å². The molecule has 6 nitrogen and oxygen atoms in total. The fourth-order valence-electron chi connectivity index (χ4n) is 5.32. The van der Waals surface area contributed by atoms with Crippen LogP contribution in [-0.2, 0) is 14.3 Å². The molecule has 4 bridgehead atoms. The van der Waals surface area contributed by atoms with Gasteiger partial charge < -0.3 is 10.1 Å². The first kappa shape index (κ1) is 18.2. The van der Waals surface area contributed by atoms with Gasteiger partial charge in [-0.15, -0.1) is 0 Å². The Morgan fingerprint density at radius 1 is 1.04 bits per heavy atom. The van der Waals surface area contributed by atoms with Gasteiger partial charge in [-0.05, 0) is 68.6 Å². The molecule has 6 heteroatoms. The van der Waals surface area contributed by atoms with Crippen LogP contribution in [0.5, 0.6) is 0 Å². The van der Waals surface area contributed by atoms with Gasteiger partial charge in [-0.3, -0.25) is 14.9 Å². The van der Waals surface area contributed by atoms with Crippen molar-refractivity contribution in [1.82, 2.24) is 10.6 Å². The maximum absolute atomic E-state index is 12.2. The van der Waals surface area contributed by atoms with E-state index in [0.29, 0.717) is 12.3 Å². The highest BCUT2D eigenvalue weighted by atomic mass is 16.5. The van der Waals surface area contributed by atoms with Crippen molar-refractivity contribution in [3.63, 3.8) is 0 Å². The lowest BCUT2D eigenvalue weighted by Crippen LogP contribution is -2.62. The first-order valence-electron chi connectivity index (χ1n) is 9.61. The van der Waals surface area contributed by atoms with Crippen LogP contribution in [0.3, 0.4) is 0 Å². The number of carbonyl (C=O) groups is 3. The minimum atomic E-state index is -0.569. The molecule has 4 aliphatic rings. The molecule has 0 aliphatic heterocycles. The number of rotatable bonds is 6. The predicted octanol–water partition coefficient (Wildman–Crippen LogP) is 2.76. The molecule has 0 aromatic rings. The standard InChI is InChI=1S/C19H30N2O4/c1-12(2)3-4-17(23)25-11-16(22)20-18(24)21-19-8-13-5-14(9-19)7-15(6-13)10-19/h12-15H,3-11H2,1-2H3,(H2,20,21,22,24). The average molecular weight is 350 g/mol. The van der Waals surface area contributed by atoms with Crippen molar-refractivity contribution < 1.29 is 19.1 Å². The average Bonchev–Trinajstić information content (AvgIpc) is 2.48. The number of amides is 3. The van der Waals surface area contributed by atoms with Crippen molar-refractivity contribution in [3.05, 3.63) is 0 Å². The quantitative estimate of drug-likeness (QED) is 0.722. The van der Waals surface area contributed by atoms with Gasteiger partial charge >= 0.3 is 12.0 Å². The summed E-state index contributed by atoms with van der Waals surface area (Å²) in [6.07, 6.45) is 8.02. The van der Waals surface area contributed by atoms with Crippen LogP contribution in [0.1, 0.15) is 65.2 Å². The van der Waals surface area contributed by atoms with E-state index in [1.807, 2.05) is 13.8 Å². The van der Waals surface area contributed by atoms with Crippen molar-refractivity contribution in [2.45, 2.75) is 70.8 Å². The van der Waals surface area contributed by atoms with Gasteiger partial charge in [0.15, 0.2) is 6.61 Å². The third-order valence-electron chi connectivity index (χ3n) is 5.96. The molecule has 0 heterocycles. The van der Waals surface area contributed by atoms with Gasteiger partial charge in [-0.1, -0.05) is 13.8 Å². The fraction of sp³-hybridized carbons (Fsp3) is 0.842. The lowest BCUT2D eigenvalue weighted by atomic mass is 9.53. The molecule has 3 amide bonds. The summed E-state index contributed by atoms with van der Waals surface area (Å²) >= 11 is 0. The topological polar surface area (TPSA) is 84.5 Å². The van der Waals surface area contributed by atoms with E-state index in [4.69, 9.17) is 4.74 Å². The van der Waals surface area contributed by atoms with Crippen LogP contribution in [0.25, 0.3) is 0 Å². The Morgan fingerprint density at radius 2 is 1.60 bits per heavy atom. The summed E-state index contributed by atoms with van der Waals surface area (Å²) in [7, 11) is 0. The third-order valence-corrected chi connectivity index (χ3v) is 5.96. The Balaban J connectivity index is 1.40. The van der Waals surface area contributed by atoms with E-state index in [9.17, 15) is 14.4 Å². The highest BCUT2D eigenvalue weighted by Gasteiger charge is 2.51. The van der Waals surface area contributed by atoms with Crippen LogP contribution in [0.2, 0.25) is 0 Å². The summed E-state index contributed by atoms with van der Waals surface area (Å²) in [5.41, 5.74) is -0.132. The van der Waals surface area contributed by atoms with Crippen molar-refractivity contribution in [1.29, 1.82) is 0 Å². The number of esters is 1. The molecule has 0 radical (unpaired) electrons. The Hall–Kier alpha value is -1.59. The first-order chi connectivity index (χ1) is 11.8. The molecule has 0 saturated heterocycles. The Labute approximate surface area is 149 Å². The molecule has 0 atom stereocenters.